The van der Waals surface area contributed by atoms with Gasteiger partial charge in [0.25, 0.3) is 0 Å². The van der Waals surface area contributed by atoms with Crippen LogP contribution in [0.15, 0.2) is 42.5 Å². The summed E-state index contributed by atoms with van der Waals surface area (Å²) in [5.74, 6) is 1.34. The third-order valence-electron chi connectivity index (χ3n) is 4.44. The molecule has 132 valence electrons. The second-order valence-corrected chi connectivity index (χ2v) is 6.18. The third kappa shape index (κ3) is 4.32. The number of ether oxygens (including phenoxy) is 2. The number of anilines is 1. The zero-order valence-corrected chi connectivity index (χ0v) is 14.7. The number of para-hydroxylation sites is 1. The van der Waals surface area contributed by atoms with E-state index in [0.717, 1.165) is 25.8 Å². The molecule has 0 radical (unpaired) electrons. The lowest BCUT2D eigenvalue weighted by molar-refractivity contribution is 0.112. The Balaban J connectivity index is 1.55. The Morgan fingerprint density at radius 2 is 2.00 bits per heavy atom. The number of carbonyl (C=O) groups is 1. The largest absolute Gasteiger partial charge is 0.490 e. The number of nitrogens with zero attached hydrogens (tertiary/aromatic N) is 1. The van der Waals surface area contributed by atoms with Gasteiger partial charge in [0.15, 0.2) is 11.5 Å². The van der Waals surface area contributed by atoms with E-state index in [0.29, 0.717) is 30.3 Å². The average Bonchev–Trinajstić information content (AvgIpc) is 2.66. The van der Waals surface area contributed by atoms with Crippen molar-refractivity contribution in [3.05, 3.63) is 53.6 Å². The van der Waals surface area contributed by atoms with Crippen molar-refractivity contribution in [3.8, 4) is 11.5 Å². The van der Waals surface area contributed by atoms with Crippen molar-refractivity contribution in [1.29, 1.82) is 0 Å². The fraction of sp³-hybridized carbons (Fsp3) is 0.381. The van der Waals surface area contributed by atoms with Crippen molar-refractivity contribution >= 4 is 12.0 Å². The molecule has 0 spiro atoms. The number of aldehydes is 1. The van der Waals surface area contributed by atoms with Gasteiger partial charge in [-0.3, -0.25) is 4.79 Å². The molecule has 0 saturated carbocycles. The molecule has 1 aliphatic heterocycles. The number of hydrogen-bond donors (Lipinski definition) is 0. The standard InChI is InChI=1S/C21H25NO3/c1-2-24-21-15-17(16-23)10-11-20(21)25-14-6-13-22-12-5-8-18-7-3-4-9-19(18)22/h3-4,7,9-11,15-16H,2,5-6,8,12-14H2,1H3. The zero-order chi connectivity index (χ0) is 17.5. The van der Waals surface area contributed by atoms with E-state index in [1.807, 2.05) is 13.0 Å². The summed E-state index contributed by atoms with van der Waals surface area (Å²) >= 11 is 0. The molecule has 1 heterocycles. The van der Waals surface area contributed by atoms with Crippen LogP contribution in [0.1, 0.15) is 35.7 Å². The molecule has 0 aliphatic carbocycles. The zero-order valence-electron chi connectivity index (χ0n) is 14.7. The first-order valence-corrected chi connectivity index (χ1v) is 8.99. The molecular formula is C21H25NO3. The average molecular weight is 339 g/mol. The van der Waals surface area contributed by atoms with Gasteiger partial charge in [-0.2, -0.15) is 0 Å². The molecule has 25 heavy (non-hydrogen) atoms. The van der Waals surface area contributed by atoms with Crippen molar-refractivity contribution in [1.82, 2.24) is 0 Å². The Hall–Kier alpha value is -2.49. The molecule has 0 N–H and O–H groups in total. The molecule has 3 rings (SSSR count). The summed E-state index contributed by atoms with van der Waals surface area (Å²) in [5.41, 5.74) is 3.40. The van der Waals surface area contributed by atoms with Crippen LogP contribution in [-0.2, 0) is 6.42 Å². The van der Waals surface area contributed by atoms with E-state index in [-0.39, 0.29) is 0 Å². The molecule has 0 bridgehead atoms. The molecule has 0 unspecified atom stereocenters. The van der Waals surface area contributed by atoms with E-state index in [4.69, 9.17) is 9.47 Å². The van der Waals surface area contributed by atoms with Crippen LogP contribution in [0.4, 0.5) is 5.69 Å². The Morgan fingerprint density at radius 3 is 2.84 bits per heavy atom. The first kappa shape index (κ1) is 17.3. The highest BCUT2D eigenvalue weighted by Gasteiger charge is 2.15. The molecule has 0 aromatic heterocycles. The summed E-state index contributed by atoms with van der Waals surface area (Å²) in [7, 11) is 0. The lowest BCUT2D eigenvalue weighted by Crippen LogP contribution is -2.31. The van der Waals surface area contributed by atoms with Crippen LogP contribution in [0.25, 0.3) is 0 Å². The summed E-state index contributed by atoms with van der Waals surface area (Å²) in [6, 6.07) is 13.9. The van der Waals surface area contributed by atoms with E-state index in [2.05, 4.69) is 29.2 Å². The molecule has 4 heteroatoms. The van der Waals surface area contributed by atoms with Crippen molar-refractivity contribution in [2.75, 3.05) is 31.2 Å². The molecule has 0 saturated heterocycles. The maximum Gasteiger partial charge on any atom is 0.161 e. The molecular weight excluding hydrogens is 314 g/mol. The summed E-state index contributed by atoms with van der Waals surface area (Å²) in [6.07, 6.45) is 4.14. The number of fused-ring (bicyclic) bond motifs is 1. The van der Waals surface area contributed by atoms with E-state index >= 15 is 0 Å². The number of carbonyl (C=O) groups excluding carboxylic acids is 1. The van der Waals surface area contributed by atoms with Crippen LogP contribution < -0.4 is 14.4 Å². The van der Waals surface area contributed by atoms with Crippen molar-refractivity contribution < 1.29 is 14.3 Å². The molecule has 1 aliphatic rings. The number of benzene rings is 2. The second-order valence-electron chi connectivity index (χ2n) is 6.18. The lowest BCUT2D eigenvalue weighted by Gasteiger charge is -2.31. The highest BCUT2D eigenvalue weighted by atomic mass is 16.5. The Bertz CT molecular complexity index is 714. The minimum atomic E-state index is 0.545. The van der Waals surface area contributed by atoms with E-state index in [1.54, 1.807) is 12.1 Å². The van der Waals surface area contributed by atoms with Gasteiger partial charge in [0, 0.05) is 24.3 Å². The Morgan fingerprint density at radius 1 is 1.12 bits per heavy atom. The van der Waals surface area contributed by atoms with Crippen LogP contribution in [-0.4, -0.2) is 32.6 Å². The fourth-order valence-corrected chi connectivity index (χ4v) is 3.27. The van der Waals surface area contributed by atoms with Crippen LogP contribution in [0.5, 0.6) is 11.5 Å². The van der Waals surface area contributed by atoms with Crippen LogP contribution in [0.3, 0.4) is 0 Å². The van der Waals surface area contributed by atoms with Gasteiger partial charge in [0.2, 0.25) is 0 Å². The van der Waals surface area contributed by atoms with Crippen molar-refractivity contribution in [3.63, 3.8) is 0 Å². The van der Waals surface area contributed by atoms with Crippen molar-refractivity contribution in [2.24, 2.45) is 0 Å². The van der Waals surface area contributed by atoms with Gasteiger partial charge in [-0.25, -0.2) is 0 Å². The van der Waals surface area contributed by atoms with Gasteiger partial charge in [0.05, 0.1) is 13.2 Å². The predicted octanol–water partition coefficient (Wildman–Crippen LogP) is 4.12. The molecule has 2 aromatic carbocycles. The minimum Gasteiger partial charge on any atom is -0.490 e. The van der Waals surface area contributed by atoms with E-state index < -0.39 is 0 Å². The quantitative estimate of drug-likeness (QED) is 0.536. The maximum absolute atomic E-state index is 10.9. The van der Waals surface area contributed by atoms with Gasteiger partial charge in [0.1, 0.15) is 6.29 Å². The summed E-state index contributed by atoms with van der Waals surface area (Å²) in [5, 5.41) is 0. The summed E-state index contributed by atoms with van der Waals surface area (Å²) in [6.45, 7) is 5.18. The smallest absolute Gasteiger partial charge is 0.161 e. The molecule has 2 aromatic rings. The highest BCUT2D eigenvalue weighted by Crippen LogP contribution is 2.29. The van der Waals surface area contributed by atoms with Crippen LogP contribution >= 0.6 is 0 Å². The fourth-order valence-electron chi connectivity index (χ4n) is 3.27. The SMILES string of the molecule is CCOc1cc(C=O)ccc1OCCCN1CCCc2ccccc21. The number of aryl methyl sites for hydroxylation is 1. The molecule has 0 atom stereocenters. The van der Waals surface area contributed by atoms with Gasteiger partial charge in [-0.05, 0) is 56.0 Å². The normalized spacial score (nSPS) is 13.2. The van der Waals surface area contributed by atoms with Gasteiger partial charge >= 0.3 is 0 Å². The van der Waals surface area contributed by atoms with Gasteiger partial charge < -0.3 is 14.4 Å². The first-order chi connectivity index (χ1) is 12.3. The molecule has 0 amide bonds. The minimum absolute atomic E-state index is 0.545. The number of hydrogen-bond acceptors (Lipinski definition) is 4. The van der Waals surface area contributed by atoms with Crippen molar-refractivity contribution in [2.45, 2.75) is 26.2 Å². The van der Waals surface area contributed by atoms with Crippen LogP contribution in [0, 0.1) is 0 Å². The van der Waals surface area contributed by atoms with Gasteiger partial charge in [-0.15, -0.1) is 0 Å². The lowest BCUT2D eigenvalue weighted by atomic mass is 10.0. The highest BCUT2D eigenvalue weighted by molar-refractivity contribution is 5.76. The van der Waals surface area contributed by atoms with E-state index in [9.17, 15) is 4.79 Å². The number of rotatable bonds is 8. The summed E-state index contributed by atoms with van der Waals surface area (Å²) in [4.78, 5) is 13.4. The predicted molar refractivity (Wildman–Crippen MR) is 100 cm³/mol. The first-order valence-electron chi connectivity index (χ1n) is 8.99. The second kappa shape index (κ2) is 8.56. The monoisotopic (exact) mass is 339 g/mol. The summed E-state index contributed by atoms with van der Waals surface area (Å²) < 4.78 is 11.5. The van der Waals surface area contributed by atoms with Gasteiger partial charge in [-0.1, -0.05) is 18.2 Å². The van der Waals surface area contributed by atoms with Crippen LogP contribution in [0.2, 0.25) is 0 Å². The molecule has 0 fully saturated rings. The third-order valence-corrected chi connectivity index (χ3v) is 4.44. The molecule has 4 nitrogen and oxygen atoms in total. The van der Waals surface area contributed by atoms with E-state index in [1.165, 1.54) is 24.1 Å². The Kier molecular flexibility index (Phi) is 5.94. The topological polar surface area (TPSA) is 38.8 Å². The Labute approximate surface area is 149 Å². The maximum atomic E-state index is 10.9.